The second kappa shape index (κ2) is 5.75. The van der Waals surface area contributed by atoms with Crippen molar-refractivity contribution in [3.05, 3.63) is 16.1 Å². The fourth-order valence-corrected chi connectivity index (χ4v) is 3.49. The maximum Gasteiger partial charge on any atom is 0.153 e. The number of nitrogens with zero attached hydrogens (tertiary/aromatic N) is 1. The van der Waals surface area contributed by atoms with Crippen molar-refractivity contribution in [2.75, 3.05) is 6.26 Å². The van der Waals surface area contributed by atoms with E-state index in [1.165, 1.54) is 17.6 Å². The zero-order valence-corrected chi connectivity index (χ0v) is 11.3. The van der Waals surface area contributed by atoms with Crippen LogP contribution in [0.5, 0.6) is 0 Å². The highest BCUT2D eigenvalue weighted by atomic mass is 32.2. The lowest BCUT2D eigenvalue weighted by molar-refractivity contribution is 0.593. The van der Waals surface area contributed by atoms with Gasteiger partial charge in [-0.25, -0.2) is 13.4 Å². The molecule has 1 rings (SSSR count). The van der Waals surface area contributed by atoms with Gasteiger partial charge < -0.3 is 5.73 Å². The van der Waals surface area contributed by atoms with Gasteiger partial charge in [0.15, 0.2) is 9.84 Å². The molecule has 0 aliphatic carbocycles. The zero-order valence-electron chi connectivity index (χ0n) is 9.64. The first-order valence-corrected chi connectivity index (χ1v) is 8.21. The first-order chi connectivity index (χ1) is 7.40. The molecule has 0 aromatic carbocycles. The van der Waals surface area contributed by atoms with E-state index >= 15 is 0 Å². The lowest BCUT2D eigenvalue weighted by atomic mass is 10.1. The molecule has 1 heterocycles. The second-order valence-electron chi connectivity index (χ2n) is 4.06. The average Bonchev–Trinajstić information content (AvgIpc) is 2.49. The van der Waals surface area contributed by atoms with Crippen molar-refractivity contribution >= 4 is 21.2 Å². The van der Waals surface area contributed by atoms with Gasteiger partial charge >= 0.3 is 0 Å². The fraction of sp³-hybridized carbons (Fsp3) is 0.700. The molecule has 0 saturated carbocycles. The van der Waals surface area contributed by atoms with Gasteiger partial charge in [0.25, 0.3) is 0 Å². The quantitative estimate of drug-likeness (QED) is 0.840. The minimum Gasteiger partial charge on any atom is -0.327 e. The Kier molecular flexibility index (Phi) is 4.89. The highest BCUT2D eigenvalue weighted by Crippen LogP contribution is 2.14. The molecule has 1 atom stereocenters. The van der Waals surface area contributed by atoms with E-state index < -0.39 is 9.84 Å². The third kappa shape index (κ3) is 5.05. The molecule has 4 nitrogen and oxygen atoms in total. The molecule has 0 spiro atoms. The molecule has 92 valence electrons. The topological polar surface area (TPSA) is 73.1 Å². The summed E-state index contributed by atoms with van der Waals surface area (Å²) < 4.78 is 22.2. The Balaban J connectivity index is 2.58. The number of hydrogen-bond acceptors (Lipinski definition) is 5. The van der Waals surface area contributed by atoms with E-state index in [1.54, 1.807) is 0 Å². The summed E-state index contributed by atoms with van der Waals surface area (Å²) in [6.45, 7) is 2.09. The number of aromatic nitrogens is 1. The zero-order chi connectivity index (χ0) is 12.2. The predicted molar refractivity (Wildman–Crippen MR) is 67.2 cm³/mol. The summed E-state index contributed by atoms with van der Waals surface area (Å²) in [5, 5.41) is 2.55. The van der Waals surface area contributed by atoms with Crippen molar-refractivity contribution in [2.24, 2.45) is 5.73 Å². The molecule has 1 aromatic heterocycles. The second-order valence-corrected chi connectivity index (χ2v) is 7.14. The van der Waals surface area contributed by atoms with Crippen LogP contribution < -0.4 is 5.73 Å². The van der Waals surface area contributed by atoms with Crippen LogP contribution in [0.2, 0.25) is 0 Å². The van der Waals surface area contributed by atoms with Gasteiger partial charge in [-0.15, -0.1) is 11.3 Å². The number of sulfone groups is 1. The van der Waals surface area contributed by atoms with Crippen LogP contribution in [-0.2, 0) is 22.0 Å². The van der Waals surface area contributed by atoms with Crippen molar-refractivity contribution in [3.63, 3.8) is 0 Å². The third-order valence-electron chi connectivity index (χ3n) is 2.12. The number of thiazole rings is 1. The van der Waals surface area contributed by atoms with E-state index in [4.69, 9.17) is 5.73 Å². The van der Waals surface area contributed by atoms with Gasteiger partial charge in [0.2, 0.25) is 0 Å². The van der Waals surface area contributed by atoms with Crippen LogP contribution in [-0.4, -0.2) is 25.7 Å². The first-order valence-electron chi connectivity index (χ1n) is 5.27. The van der Waals surface area contributed by atoms with E-state index in [2.05, 4.69) is 11.9 Å². The largest absolute Gasteiger partial charge is 0.327 e. The Bertz CT molecular complexity index is 426. The molecular weight excluding hydrogens is 244 g/mol. The fourth-order valence-electron chi connectivity index (χ4n) is 1.47. The van der Waals surface area contributed by atoms with Crippen LogP contribution in [0.25, 0.3) is 0 Å². The van der Waals surface area contributed by atoms with Crippen LogP contribution in [0, 0.1) is 0 Å². The van der Waals surface area contributed by atoms with E-state index in [1.807, 2.05) is 5.38 Å². The highest BCUT2D eigenvalue weighted by Gasteiger charge is 2.11. The normalized spacial score (nSPS) is 13.9. The van der Waals surface area contributed by atoms with Crippen LogP contribution in [0.1, 0.15) is 30.5 Å². The monoisotopic (exact) mass is 262 g/mol. The molecule has 6 heteroatoms. The average molecular weight is 262 g/mol. The van der Waals surface area contributed by atoms with Gasteiger partial charge in [-0.3, -0.25) is 0 Å². The Morgan fingerprint density at radius 2 is 2.25 bits per heavy atom. The van der Waals surface area contributed by atoms with Crippen LogP contribution in [0.15, 0.2) is 5.38 Å². The van der Waals surface area contributed by atoms with Crippen molar-refractivity contribution in [2.45, 2.75) is 38.0 Å². The molecule has 0 bridgehead atoms. The Morgan fingerprint density at radius 3 is 2.81 bits per heavy atom. The van der Waals surface area contributed by atoms with E-state index in [0.717, 1.165) is 25.0 Å². The number of nitrogens with two attached hydrogens (primary N) is 1. The van der Waals surface area contributed by atoms with Crippen molar-refractivity contribution in [1.82, 2.24) is 4.98 Å². The molecule has 0 fully saturated rings. The Hall–Kier alpha value is -0.460. The summed E-state index contributed by atoms with van der Waals surface area (Å²) >= 11 is 1.39. The molecule has 2 N–H and O–H groups in total. The third-order valence-corrected chi connectivity index (χ3v) is 3.99. The van der Waals surface area contributed by atoms with E-state index in [0.29, 0.717) is 5.01 Å². The van der Waals surface area contributed by atoms with Crippen molar-refractivity contribution < 1.29 is 8.42 Å². The van der Waals surface area contributed by atoms with Gasteiger partial charge in [-0.05, 0) is 6.42 Å². The van der Waals surface area contributed by atoms with Crippen LogP contribution in [0.4, 0.5) is 0 Å². The van der Waals surface area contributed by atoms with Crippen LogP contribution in [0.3, 0.4) is 0 Å². The summed E-state index contributed by atoms with van der Waals surface area (Å²) in [7, 11) is -2.99. The van der Waals surface area contributed by atoms with Gasteiger partial charge in [0, 0.05) is 24.1 Å². The maximum atomic E-state index is 11.1. The first kappa shape index (κ1) is 13.6. The number of hydrogen-bond donors (Lipinski definition) is 1. The molecule has 0 radical (unpaired) electrons. The van der Waals surface area contributed by atoms with Crippen molar-refractivity contribution in [1.29, 1.82) is 0 Å². The summed E-state index contributed by atoms with van der Waals surface area (Å²) in [5.41, 5.74) is 6.81. The van der Waals surface area contributed by atoms with Gasteiger partial charge in [-0.1, -0.05) is 13.3 Å². The predicted octanol–water partition coefficient (Wildman–Crippen LogP) is 1.36. The lowest BCUT2D eigenvalue weighted by Gasteiger charge is -2.06. The molecule has 16 heavy (non-hydrogen) atoms. The molecule has 1 aromatic rings. The highest BCUT2D eigenvalue weighted by molar-refractivity contribution is 7.90. The van der Waals surface area contributed by atoms with Gasteiger partial charge in [-0.2, -0.15) is 0 Å². The smallest absolute Gasteiger partial charge is 0.153 e. The molecule has 0 amide bonds. The molecule has 1 unspecified atom stereocenters. The minimum absolute atomic E-state index is 0.0285. The standard InChI is InChI=1S/C10H18N2O2S2/c1-3-4-8(11)5-9-6-15-10(12-9)7-16(2,13)14/h6,8H,3-5,7,11H2,1-2H3. The van der Waals surface area contributed by atoms with Gasteiger partial charge in [0.1, 0.15) is 10.8 Å². The summed E-state index contributed by atoms with van der Waals surface area (Å²) in [6.07, 6.45) is 3.98. The summed E-state index contributed by atoms with van der Waals surface area (Å²) in [5.74, 6) is 0.0285. The van der Waals surface area contributed by atoms with Crippen LogP contribution >= 0.6 is 11.3 Å². The number of rotatable bonds is 6. The molecule has 0 aliphatic rings. The Labute approximate surface area is 101 Å². The van der Waals surface area contributed by atoms with E-state index in [9.17, 15) is 8.42 Å². The molecule has 0 aliphatic heterocycles. The van der Waals surface area contributed by atoms with Gasteiger partial charge in [0.05, 0.1) is 5.69 Å². The molecule has 0 saturated heterocycles. The summed E-state index contributed by atoms with van der Waals surface area (Å²) in [6, 6.07) is 0.123. The lowest BCUT2D eigenvalue weighted by Crippen LogP contribution is -2.22. The Morgan fingerprint density at radius 1 is 1.56 bits per heavy atom. The minimum atomic E-state index is -2.99. The summed E-state index contributed by atoms with van der Waals surface area (Å²) in [4.78, 5) is 4.28. The van der Waals surface area contributed by atoms with Crippen molar-refractivity contribution in [3.8, 4) is 0 Å². The van der Waals surface area contributed by atoms with E-state index in [-0.39, 0.29) is 11.8 Å². The maximum absolute atomic E-state index is 11.1. The SMILES string of the molecule is CCCC(N)Cc1csc(CS(C)(=O)=O)n1. The molecular formula is C10H18N2O2S2.